The van der Waals surface area contributed by atoms with Crippen molar-refractivity contribution in [3.63, 3.8) is 0 Å². The molecule has 0 heterocycles. The standard InChI is InChI=1S/C14H17FO2/c1-8-9(2)14(10(8)3,13(16)17)11-4-6-12(15)7-5-11/h4-10H,1-3H3,(H,16,17). The van der Waals surface area contributed by atoms with Gasteiger partial charge in [0.05, 0.1) is 5.41 Å². The first-order valence-corrected chi connectivity index (χ1v) is 5.91. The monoisotopic (exact) mass is 236 g/mol. The summed E-state index contributed by atoms with van der Waals surface area (Å²) in [7, 11) is 0. The van der Waals surface area contributed by atoms with Gasteiger partial charge in [0.1, 0.15) is 5.82 Å². The van der Waals surface area contributed by atoms with Crippen LogP contribution in [0.1, 0.15) is 26.3 Å². The summed E-state index contributed by atoms with van der Waals surface area (Å²) >= 11 is 0. The Morgan fingerprint density at radius 3 is 2.06 bits per heavy atom. The number of benzene rings is 1. The molecule has 2 unspecified atom stereocenters. The zero-order chi connectivity index (χ0) is 12.8. The van der Waals surface area contributed by atoms with Gasteiger partial charge in [-0.05, 0) is 35.4 Å². The van der Waals surface area contributed by atoms with E-state index in [0.29, 0.717) is 11.5 Å². The molecule has 1 N–H and O–H groups in total. The number of rotatable bonds is 2. The lowest BCUT2D eigenvalue weighted by molar-refractivity contribution is -0.162. The van der Waals surface area contributed by atoms with E-state index in [9.17, 15) is 14.3 Å². The molecule has 1 aliphatic rings. The van der Waals surface area contributed by atoms with Crippen molar-refractivity contribution in [1.82, 2.24) is 0 Å². The third kappa shape index (κ3) is 1.41. The smallest absolute Gasteiger partial charge is 0.314 e. The Labute approximate surface area is 100 Å². The van der Waals surface area contributed by atoms with Crippen LogP contribution in [0.4, 0.5) is 4.39 Å². The number of carbonyl (C=O) groups is 1. The lowest BCUT2D eigenvalue weighted by atomic mass is 9.46. The second-order valence-corrected chi connectivity index (χ2v) is 5.12. The highest BCUT2D eigenvalue weighted by atomic mass is 19.1. The highest BCUT2D eigenvalue weighted by molar-refractivity contribution is 5.84. The van der Waals surface area contributed by atoms with Gasteiger partial charge in [0, 0.05) is 0 Å². The van der Waals surface area contributed by atoms with Crippen molar-refractivity contribution in [2.75, 3.05) is 0 Å². The summed E-state index contributed by atoms with van der Waals surface area (Å²) in [6.45, 7) is 5.99. The number of aliphatic carboxylic acids is 1. The fourth-order valence-corrected chi connectivity index (χ4v) is 3.32. The molecule has 92 valence electrons. The number of carboxylic acid groups (broad SMARTS) is 1. The van der Waals surface area contributed by atoms with Crippen molar-refractivity contribution in [1.29, 1.82) is 0 Å². The molecule has 1 aromatic carbocycles. The lowest BCUT2D eigenvalue weighted by Gasteiger charge is -2.56. The molecule has 2 nitrogen and oxygen atoms in total. The largest absolute Gasteiger partial charge is 0.481 e. The van der Waals surface area contributed by atoms with Crippen LogP contribution in [0.25, 0.3) is 0 Å². The molecular weight excluding hydrogens is 219 g/mol. The van der Waals surface area contributed by atoms with Gasteiger partial charge in [0.2, 0.25) is 0 Å². The summed E-state index contributed by atoms with van der Waals surface area (Å²) in [5.41, 5.74) is -0.142. The minimum absolute atomic E-state index is 0.0699. The maximum atomic E-state index is 12.9. The topological polar surface area (TPSA) is 37.3 Å². The van der Waals surface area contributed by atoms with Crippen LogP contribution < -0.4 is 0 Å². The minimum atomic E-state index is -0.854. The van der Waals surface area contributed by atoms with E-state index in [0.717, 1.165) is 0 Å². The van der Waals surface area contributed by atoms with E-state index >= 15 is 0 Å². The number of hydrogen-bond acceptors (Lipinski definition) is 1. The van der Waals surface area contributed by atoms with E-state index in [1.807, 2.05) is 13.8 Å². The SMILES string of the molecule is CC1C(C)C(C(=O)O)(c2ccc(F)cc2)C1C. The predicted octanol–water partition coefficient (Wildman–Crippen LogP) is 3.07. The normalized spacial score (nSPS) is 36.4. The molecule has 0 aliphatic heterocycles. The summed E-state index contributed by atoms with van der Waals surface area (Å²) in [4.78, 5) is 11.7. The van der Waals surface area contributed by atoms with Crippen LogP contribution in [0.2, 0.25) is 0 Å². The van der Waals surface area contributed by atoms with Crippen LogP contribution in [-0.4, -0.2) is 11.1 Å². The van der Waals surface area contributed by atoms with E-state index in [4.69, 9.17) is 0 Å². The molecule has 1 aromatic rings. The van der Waals surface area contributed by atoms with Gasteiger partial charge in [-0.3, -0.25) is 4.79 Å². The van der Waals surface area contributed by atoms with Crippen LogP contribution in [0.15, 0.2) is 24.3 Å². The molecule has 2 atom stereocenters. The van der Waals surface area contributed by atoms with Crippen molar-refractivity contribution < 1.29 is 14.3 Å². The van der Waals surface area contributed by atoms with Crippen LogP contribution >= 0.6 is 0 Å². The average Bonchev–Trinajstić information content (AvgIpc) is 2.31. The molecular formula is C14H17FO2. The number of halogens is 1. The minimum Gasteiger partial charge on any atom is -0.481 e. The first kappa shape index (κ1) is 12.1. The fourth-order valence-electron chi connectivity index (χ4n) is 3.32. The molecule has 0 spiro atoms. The molecule has 0 saturated heterocycles. The van der Waals surface area contributed by atoms with Gasteiger partial charge in [-0.25, -0.2) is 4.39 Å². The Hall–Kier alpha value is -1.38. The maximum absolute atomic E-state index is 12.9. The summed E-state index contributed by atoms with van der Waals surface area (Å²) in [5, 5.41) is 9.57. The van der Waals surface area contributed by atoms with Gasteiger partial charge in [0.15, 0.2) is 0 Å². The second-order valence-electron chi connectivity index (χ2n) is 5.12. The Balaban J connectivity index is 2.50. The van der Waals surface area contributed by atoms with Gasteiger partial charge in [0.25, 0.3) is 0 Å². The molecule has 1 aliphatic carbocycles. The third-order valence-corrected chi connectivity index (χ3v) is 4.69. The van der Waals surface area contributed by atoms with Crippen molar-refractivity contribution >= 4 is 5.97 Å². The summed E-state index contributed by atoms with van der Waals surface area (Å²) in [6.07, 6.45) is 0. The molecule has 2 rings (SSSR count). The molecule has 1 fully saturated rings. The second kappa shape index (κ2) is 3.83. The number of hydrogen-bond donors (Lipinski definition) is 1. The van der Waals surface area contributed by atoms with E-state index in [1.54, 1.807) is 12.1 Å². The first-order valence-electron chi connectivity index (χ1n) is 5.91. The summed E-state index contributed by atoms with van der Waals surface area (Å²) in [5.74, 6) is -0.624. The van der Waals surface area contributed by atoms with Crippen LogP contribution in [0.3, 0.4) is 0 Å². The highest BCUT2D eigenvalue weighted by Gasteiger charge is 2.61. The van der Waals surface area contributed by atoms with Crippen LogP contribution in [0.5, 0.6) is 0 Å². The van der Waals surface area contributed by atoms with Crippen molar-refractivity contribution in [3.8, 4) is 0 Å². The van der Waals surface area contributed by atoms with E-state index in [2.05, 4.69) is 6.92 Å². The molecule has 0 bridgehead atoms. The highest BCUT2D eigenvalue weighted by Crippen LogP contribution is 2.56. The zero-order valence-electron chi connectivity index (χ0n) is 10.3. The van der Waals surface area contributed by atoms with Gasteiger partial charge < -0.3 is 5.11 Å². The van der Waals surface area contributed by atoms with Crippen LogP contribution in [-0.2, 0) is 10.2 Å². The molecule has 17 heavy (non-hydrogen) atoms. The van der Waals surface area contributed by atoms with Crippen LogP contribution in [0, 0.1) is 23.6 Å². The summed E-state index contributed by atoms with van der Waals surface area (Å²) < 4.78 is 12.9. The number of carboxylic acids is 1. The molecule has 0 radical (unpaired) electrons. The van der Waals surface area contributed by atoms with Crippen molar-refractivity contribution in [2.45, 2.75) is 26.2 Å². The molecule has 0 aromatic heterocycles. The van der Waals surface area contributed by atoms with Gasteiger partial charge in [-0.2, -0.15) is 0 Å². The van der Waals surface area contributed by atoms with Crippen molar-refractivity contribution in [3.05, 3.63) is 35.6 Å². The fraction of sp³-hybridized carbons (Fsp3) is 0.500. The summed E-state index contributed by atoms with van der Waals surface area (Å²) in [6, 6.07) is 5.87. The quantitative estimate of drug-likeness (QED) is 0.856. The first-order chi connectivity index (χ1) is 7.92. The van der Waals surface area contributed by atoms with E-state index < -0.39 is 11.4 Å². The Bertz CT molecular complexity index is 428. The van der Waals surface area contributed by atoms with Gasteiger partial charge in [-0.15, -0.1) is 0 Å². The lowest BCUT2D eigenvalue weighted by Crippen LogP contribution is -2.61. The van der Waals surface area contributed by atoms with Gasteiger partial charge in [-0.1, -0.05) is 32.9 Å². The van der Waals surface area contributed by atoms with E-state index in [-0.39, 0.29) is 17.7 Å². The van der Waals surface area contributed by atoms with Crippen molar-refractivity contribution in [2.24, 2.45) is 17.8 Å². The molecule has 1 saturated carbocycles. The third-order valence-electron chi connectivity index (χ3n) is 4.69. The molecule has 3 heteroatoms. The Kier molecular flexibility index (Phi) is 2.72. The van der Waals surface area contributed by atoms with Gasteiger partial charge >= 0.3 is 5.97 Å². The maximum Gasteiger partial charge on any atom is 0.314 e. The predicted molar refractivity (Wildman–Crippen MR) is 63.2 cm³/mol. The molecule has 0 amide bonds. The zero-order valence-corrected chi connectivity index (χ0v) is 10.3. The van der Waals surface area contributed by atoms with E-state index in [1.165, 1.54) is 12.1 Å². The average molecular weight is 236 g/mol. The Morgan fingerprint density at radius 2 is 1.65 bits per heavy atom. The Morgan fingerprint density at radius 1 is 1.18 bits per heavy atom.